The van der Waals surface area contributed by atoms with Crippen LogP contribution in [0, 0.1) is 18.3 Å². The van der Waals surface area contributed by atoms with E-state index < -0.39 is 5.60 Å². The van der Waals surface area contributed by atoms with E-state index in [0.717, 1.165) is 0 Å². The van der Waals surface area contributed by atoms with E-state index in [9.17, 15) is 9.90 Å². The van der Waals surface area contributed by atoms with Crippen LogP contribution in [0.25, 0.3) is 0 Å². The van der Waals surface area contributed by atoms with Gasteiger partial charge >= 0.3 is 5.97 Å². The van der Waals surface area contributed by atoms with Crippen LogP contribution in [0.4, 0.5) is 0 Å². The lowest BCUT2D eigenvalue weighted by Gasteiger charge is -2.40. The zero-order valence-corrected chi connectivity index (χ0v) is 8.62. The third kappa shape index (κ3) is 1.91. The van der Waals surface area contributed by atoms with Crippen molar-refractivity contribution in [1.82, 2.24) is 0 Å². The molecule has 14 heavy (non-hydrogen) atoms. The van der Waals surface area contributed by atoms with Crippen molar-refractivity contribution in [3.63, 3.8) is 0 Å². The number of carbonyl (C=O) groups excluding carboxylic acids is 1. The zero-order chi connectivity index (χ0) is 10.8. The summed E-state index contributed by atoms with van der Waals surface area (Å²) in [6.07, 6.45) is 5.89. The van der Waals surface area contributed by atoms with Gasteiger partial charge in [0.25, 0.3) is 0 Å². The van der Waals surface area contributed by atoms with E-state index in [1.54, 1.807) is 0 Å². The number of hydrogen-bond donors (Lipinski definition) is 1. The van der Waals surface area contributed by atoms with Crippen LogP contribution in [0.1, 0.15) is 33.1 Å². The number of carbonyl (C=O) groups is 1. The highest BCUT2D eigenvalue weighted by atomic mass is 16.5. The van der Waals surface area contributed by atoms with Gasteiger partial charge in [0.1, 0.15) is 6.10 Å². The Morgan fingerprint density at radius 3 is 2.93 bits per heavy atom. The molecule has 1 saturated heterocycles. The average Bonchev–Trinajstić information content (AvgIpc) is 2.11. The molecular weight excluding hydrogens is 180 g/mol. The molecule has 1 aliphatic rings. The summed E-state index contributed by atoms with van der Waals surface area (Å²) in [5.41, 5.74) is -1.08. The van der Waals surface area contributed by atoms with E-state index in [1.165, 1.54) is 0 Å². The number of aliphatic hydroxyl groups is 1. The number of ether oxygens (including phenoxy) is 1. The zero-order valence-electron chi connectivity index (χ0n) is 8.62. The normalized spacial score (nSPS) is 37.4. The highest BCUT2D eigenvalue weighted by Gasteiger charge is 2.45. The number of cyclic esters (lactones) is 1. The predicted octanol–water partition coefficient (Wildman–Crippen LogP) is 1.10. The Bertz CT molecular complexity index is 266. The van der Waals surface area contributed by atoms with Crippen molar-refractivity contribution in [1.29, 1.82) is 0 Å². The van der Waals surface area contributed by atoms with Crippen LogP contribution in [0.15, 0.2) is 0 Å². The molecule has 0 amide bonds. The summed E-state index contributed by atoms with van der Waals surface area (Å²) in [6, 6.07) is 0. The summed E-state index contributed by atoms with van der Waals surface area (Å²) < 4.78 is 5.12. The largest absolute Gasteiger partial charge is 0.462 e. The molecule has 1 heterocycles. The lowest BCUT2D eigenvalue weighted by atomic mass is 9.77. The van der Waals surface area contributed by atoms with E-state index in [1.807, 2.05) is 13.8 Å². The molecule has 0 aromatic heterocycles. The molecule has 0 spiro atoms. The maximum atomic E-state index is 11.2. The molecule has 3 nitrogen and oxygen atoms in total. The quantitative estimate of drug-likeness (QED) is 0.531. The van der Waals surface area contributed by atoms with Crippen molar-refractivity contribution in [3.8, 4) is 12.3 Å². The van der Waals surface area contributed by atoms with Crippen LogP contribution >= 0.6 is 0 Å². The van der Waals surface area contributed by atoms with Crippen LogP contribution < -0.4 is 0 Å². The minimum atomic E-state index is -1.08. The molecule has 1 rings (SSSR count). The Labute approximate surface area is 84.5 Å². The maximum Gasteiger partial charge on any atom is 0.309 e. The van der Waals surface area contributed by atoms with Crippen molar-refractivity contribution in [2.24, 2.45) is 5.92 Å². The van der Waals surface area contributed by atoms with Crippen molar-refractivity contribution in [2.75, 3.05) is 0 Å². The van der Waals surface area contributed by atoms with E-state index in [2.05, 4.69) is 5.92 Å². The van der Waals surface area contributed by atoms with E-state index in [0.29, 0.717) is 6.42 Å². The van der Waals surface area contributed by atoms with Crippen LogP contribution in [0.5, 0.6) is 0 Å². The van der Waals surface area contributed by atoms with E-state index in [-0.39, 0.29) is 30.8 Å². The number of hydrogen-bond acceptors (Lipinski definition) is 3. The molecule has 3 heteroatoms. The van der Waals surface area contributed by atoms with Gasteiger partial charge in [0.05, 0.1) is 12.0 Å². The number of rotatable bonds is 2. The standard InChI is InChI=1S/C11H16O3/c1-4-6-11(13)7-10(12)14-9(5-2)8(11)3/h1,8-9,13H,5-7H2,2-3H3/t8?,9-,11-/m0/s1. The number of terminal acetylenes is 1. The fourth-order valence-electron chi connectivity index (χ4n) is 1.91. The molecule has 0 radical (unpaired) electrons. The number of esters is 1. The van der Waals surface area contributed by atoms with Gasteiger partial charge in [-0.2, -0.15) is 0 Å². The Balaban J connectivity index is 2.84. The van der Waals surface area contributed by atoms with Crippen LogP contribution in [-0.4, -0.2) is 22.8 Å². The smallest absolute Gasteiger partial charge is 0.309 e. The molecular formula is C11H16O3. The average molecular weight is 196 g/mol. The van der Waals surface area contributed by atoms with Gasteiger partial charge in [0.15, 0.2) is 0 Å². The molecule has 1 unspecified atom stereocenters. The van der Waals surface area contributed by atoms with Crippen LogP contribution in [-0.2, 0) is 9.53 Å². The molecule has 1 fully saturated rings. The van der Waals surface area contributed by atoms with Gasteiger partial charge in [0.2, 0.25) is 0 Å². The molecule has 0 aliphatic carbocycles. The summed E-state index contributed by atoms with van der Waals surface area (Å²) >= 11 is 0. The Morgan fingerprint density at radius 1 is 1.79 bits per heavy atom. The molecule has 78 valence electrons. The third-order valence-electron chi connectivity index (χ3n) is 2.95. The lowest BCUT2D eigenvalue weighted by molar-refractivity contribution is -0.182. The monoisotopic (exact) mass is 196 g/mol. The van der Waals surface area contributed by atoms with Gasteiger partial charge in [-0.05, 0) is 6.42 Å². The highest BCUT2D eigenvalue weighted by molar-refractivity contribution is 5.72. The molecule has 0 aromatic rings. The van der Waals surface area contributed by atoms with Gasteiger partial charge in [-0.25, -0.2) is 0 Å². The second kappa shape index (κ2) is 4.02. The maximum absolute atomic E-state index is 11.2. The minimum Gasteiger partial charge on any atom is -0.462 e. The van der Waals surface area contributed by atoms with E-state index in [4.69, 9.17) is 11.2 Å². The fraction of sp³-hybridized carbons (Fsp3) is 0.727. The second-order valence-corrected chi connectivity index (χ2v) is 3.89. The first-order valence-corrected chi connectivity index (χ1v) is 4.89. The summed E-state index contributed by atoms with van der Waals surface area (Å²) in [5.74, 6) is 1.97. The first-order chi connectivity index (χ1) is 6.53. The first-order valence-electron chi connectivity index (χ1n) is 4.89. The molecule has 0 aromatic carbocycles. The summed E-state index contributed by atoms with van der Waals surface area (Å²) in [6.45, 7) is 3.80. The molecule has 1 aliphatic heterocycles. The van der Waals surface area contributed by atoms with Crippen molar-refractivity contribution < 1.29 is 14.6 Å². The van der Waals surface area contributed by atoms with Gasteiger partial charge in [-0.1, -0.05) is 13.8 Å². The second-order valence-electron chi connectivity index (χ2n) is 3.89. The minimum absolute atomic E-state index is 0.00880. The van der Waals surface area contributed by atoms with Crippen molar-refractivity contribution >= 4 is 5.97 Å². The lowest BCUT2D eigenvalue weighted by Crippen LogP contribution is -2.50. The Kier molecular flexibility index (Phi) is 3.17. The molecule has 3 atom stereocenters. The summed E-state index contributed by atoms with van der Waals surface area (Å²) in [5, 5.41) is 10.2. The Hall–Kier alpha value is -1.01. The van der Waals surface area contributed by atoms with E-state index >= 15 is 0 Å². The van der Waals surface area contributed by atoms with Crippen molar-refractivity contribution in [3.05, 3.63) is 0 Å². The molecule has 0 saturated carbocycles. The molecule has 1 N–H and O–H groups in total. The summed E-state index contributed by atoms with van der Waals surface area (Å²) in [7, 11) is 0. The fourth-order valence-corrected chi connectivity index (χ4v) is 1.91. The predicted molar refractivity (Wildman–Crippen MR) is 52.4 cm³/mol. The van der Waals surface area contributed by atoms with Crippen LogP contribution in [0.2, 0.25) is 0 Å². The van der Waals surface area contributed by atoms with Crippen LogP contribution in [0.3, 0.4) is 0 Å². The Morgan fingerprint density at radius 2 is 2.43 bits per heavy atom. The SMILES string of the molecule is C#CC[C@]1(O)CC(=O)O[C@@H](CC)C1C. The van der Waals surface area contributed by atoms with Gasteiger partial charge in [0, 0.05) is 12.3 Å². The van der Waals surface area contributed by atoms with Gasteiger partial charge in [-0.3, -0.25) is 4.79 Å². The van der Waals surface area contributed by atoms with Gasteiger partial charge in [-0.15, -0.1) is 12.3 Å². The van der Waals surface area contributed by atoms with Crippen molar-refractivity contribution in [2.45, 2.75) is 44.8 Å². The molecule has 0 bridgehead atoms. The third-order valence-corrected chi connectivity index (χ3v) is 2.95. The highest BCUT2D eigenvalue weighted by Crippen LogP contribution is 2.35. The van der Waals surface area contributed by atoms with Gasteiger partial charge < -0.3 is 9.84 Å². The topological polar surface area (TPSA) is 46.5 Å². The summed E-state index contributed by atoms with van der Waals surface area (Å²) in [4.78, 5) is 11.2. The first kappa shape index (κ1) is 11.1.